The van der Waals surface area contributed by atoms with E-state index in [0.29, 0.717) is 0 Å². The molecule has 3 heteroatoms. The van der Waals surface area contributed by atoms with Gasteiger partial charge in [0.2, 0.25) is 0 Å². The summed E-state index contributed by atoms with van der Waals surface area (Å²) in [4.78, 5) is 2.04. The van der Waals surface area contributed by atoms with Crippen LogP contribution in [0.15, 0.2) is 42.5 Å². The van der Waals surface area contributed by atoms with Crippen molar-refractivity contribution in [3.63, 3.8) is 0 Å². The second kappa shape index (κ2) is 5.74. The van der Waals surface area contributed by atoms with Crippen LogP contribution in [0.5, 0.6) is 0 Å². The van der Waals surface area contributed by atoms with Crippen LogP contribution in [0.25, 0.3) is 0 Å². The first kappa shape index (κ1) is 13.4. The number of rotatable bonds is 4. The van der Waals surface area contributed by atoms with Gasteiger partial charge in [-0.1, -0.05) is 24.3 Å². The largest absolute Gasteiger partial charge is 0.396 e. The molecular formula is C16H19FN2. The molecule has 0 saturated carbocycles. The van der Waals surface area contributed by atoms with E-state index in [4.69, 9.17) is 5.73 Å². The number of nitrogens with zero attached hydrogens (tertiary/aromatic N) is 1. The number of likely N-dealkylation sites (N-methyl/N-ethyl adjacent to an activating group) is 1. The molecule has 0 spiro atoms. The summed E-state index contributed by atoms with van der Waals surface area (Å²) in [5, 5.41) is 0. The number of hydrogen-bond acceptors (Lipinski definition) is 2. The molecule has 0 heterocycles. The van der Waals surface area contributed by atoms with Crippen molar-refractivity contribution < 1.29 is 4.39 Å². The van der Waals surface area contributed by atoms with Crippen LogP contribution in [-0.2, 0) is 6.42 Å². The predicted molar refractivity (Wildman–Crippen MR) is 79.0 cm³/mol. The minimum absolute atomic E-state index is 0.191. The highest BCUT2D eigenvalue weighted by Gasteiger charge is 2.05. The van der Waals surface area contributed by atoms with Crippen LogP contribution in [-0.4, -0.2) is 13.6 Å². The lowest BCUT2D eigenvalue weighted by atomic mass is 10.1. The van der Waals surface area contributed by atoms with E-state index in [-0.39, 0.29) is 11.5 Å². The second-order valence-electron chi connectivity index (χ2n) is 4.80. The summed E-state index contributed by atoms with van der Waals surface area (Å²) in [5.74, 6) is -0.361. The molecule has 0 aliphatic heterocycles. The van der Waals surface area contributed by atoms with E-state index in [1.807, 2.05) is 30.1 Å². The lowest BCUT2D eigenvalue weighted by Gasteiger charge is -2.20. The van der Waals surface area contributed by atoms with Crippen molar-refractivity contribution in [3.8, 4) is 0 Å². The maximum atomic E-state index is 13.4. The fourth-order valence-corrected chi connectivity index (χ4v) is 2.06. The molecule has 2 rings (SSSR count). The first-order chi connectivity index (χ1) is 9.08. The van der Waals surface area contributed by atoms with Gasteiger partial charge >= 0.3 is 0 Å². The van der Waals surface area contributed by atoms with Crippen molar-refractivity contribution in [3.05, 3.63) is 59.4 Å². The van der Waals surface area contributed by atoms with E-state index in [1.54, 1.807) is 6.07 Å². The molecule has 0 amide bonds. The highest BCUT2D eigenvalue weighted by molar-refractivity contribution is 5.53. The standard InChI is InChI=1S/C16H19FN2/c1-12-5-3-4-6-13(12)9-10-19(2)14-7-8-16(18)15(17)11-14/h3-8,11H,9-10,18H2,1-2H3. The van der Waals surface area contributed by atoms with E-state index in [0.717, 1.165) is 18.7 Å². The van der Waals surface area contributed by atoms with E-state index in [9.17, 15) is 4.39 Å². The zero-order valence-electron chi connectivity index (χ0n) is 11.4. The third-order valence-electron chi connectivity index (χ3n) is 3.40. The molecule has 0 unspecified atom stereocenters. The molecule has 2 aromatic carbocycles. The molecule has 0 fully saturated rings. The number of nitrogen functional groups attached to an aromatic ring is 1. The molecule has 0 bridgehead atoms. The van der Waals surface area contributed by atoms with Gasteiger partial charge in [0, 0.05) is 19.3 Å². The average molecular weight is 258 g/mol. The lowest BCUT2D eigenvalue weighted by Crippen LogP contribution is -2.20. The van der Waals surface area contributed by atoms with Gasteiger partial charge in [-0.3, -0.25) is 0 Å². The highest BCUT2D eigenvalue weighted by atomic mass is 19.1. The highest BCUT2D eigenvalue weighted by Crippen LogP contribution is 2.19. The molecule has 0 aromatic heterocycles. The Hall–Kier alpha value is -2.03. The van der Waals surface area contributed by atoms with Crippen molar-refractivity contribution in [2.24, 2.45) is 0 Å². The Morgan fingerprint density at radius 1 is 1.16 bits per heavy atom. The third-order valence-corrected chi connectivity index (χ3v) is 3.40. The van der Waals surface area contributed by atoms with Gasteiger partial charge in [0.15, 0.2) is 0 Å². The summed E-state index contributed by atoms with van der Waals surface area (Å²) in [6.45, 7) is 2.95. The summed E-state index contributed by atoms with van der Waals surface area (Å²) in [7, 11) is 1.96. The Labute approximate surface area is 113 Å². The summed E-state index contributed by atoms with van der Waals surface area (Å²) < 4.78 is 13.4. The summed E-state index contributed by atoms with van der Waals surface area (Å²) in [6, 6.07) is 13.3. The molecule has 19 heavy (non-hydrogen) atoms. The molecule has 2 aromatic rings. The van der Waals surface area contributed by atoms with Gasteiger partial charge in [-0.25, -0.2) is 4.39 Å². The molecule has 2 N–H and O–H groups in total. The van der Waals surface area contributed by atoms with Crippen molar-refractivity contribution in [1.82, 2.24) is 0 Å². The number of aryl methyl sites for hydroxylation is 1. The van der Waals surface area contributed by atoms with E-state index < -0.39 is 0 Å². The lowest BCUT2D eigenvalue weighted by molar-refractivity contribution is 0.632. The van der Waals surface area contributed by atoms with Crippen molar-refractivity contribution in [2.45, 2.75) is 13.3 Å². The van der Waals surface area contributed by atoms with Gasteiger partial charge in [-0.05, 0) is 42.7 Å². The van der Waals surface area contributed by atoms with Crippen LogP contribution in [0.2, 0.25) is 0 Å². The maximum absolute atomic E-state index is 13.4. The molecule has 0 radical (unpaired) electrons. The van der Waals surface area contributed by atoms with Gasteiger partial charge in [-0.2, -0.15) is 0 Å². The van der Waals surface area contributed by atoms with Crippen LogP contribution in [0.4, 0.5) is 15.8 Å². The van der Waals surface area contributed by atoms with Crippen LogP contribution >= 0.6 is 0 Å². The Kier molecular flexibility index (Phi) is 4.05. The molecule has 0 saturated heterocycles. The Morgan fingerprint density at radius 2 is 1.89 bits per heavy atom. The van der Waals surface area contributed by atoms with Crippen LogP contribution < -0.4 is 10.6 Å². The Morgan fingerprint density at radius 3 is 2.58 bits per heavy atom. The molecule has 0 aliphatic carbocycles. The third kappa shape index (κ3) is 3.25. The van der Waals surface area contributed by atoms with Gasteiger partial charge < -0.3 is 10.6 Å². The monoisotopic (exact) mass is 258 g/mol. The average Bonchev–Trinajstić information content (AvgIpc) is 2.40. The van der Waals surface area contributed by atoms with Crippen LogP contribution in [0.1, 0.15) is 11.1 Å². The molecule has 100 valence electrons. The van der Waals surface area contributed by atoms with Gasteiger partial charge in [0.25, 0.3) is 0 Å². The van der Waals surface area contributed by atoms with Crippen LogP contribution in [0, 0.1) is 12.7 Å². The molecule has 2 nitrogen and oxygen atoms in total. The number of nitrogens with two attached hydrogens (primary N) is 1. The van der Waals surface area contributed by atoms with Gasteiger partial charge in [0.05, 0.1) is 5.69 Å². The second-order valence-corrected chi connectivity index (χ2v) is 4.80. The number of anilines is 2. The zero-order valence-corrected chi connectivity index (χ0v) is 11.4. The minimum Gasteiger partial charge on any atom is -0.396 e. The zero-order chi connectivity index (χ0) is 13.8. The predicted octanol–water partition coefficient (Wildman–Crippen LogP) is 3.40. The summed E-state index contributed by atoms with van der Waals surface area (Å²) in [6.07, 6.45) is 0.940. The van der Waals surface area contributed by atoms with Gasteiger partial charge in [0.1, 0.15) is 5.82 Å². The van der Waals surface area contributed by atoms with E-state index >= 15 is 0 Å². The van der Waals surface area contributed by atoms with E-state index in [1.165, 1.54) is 17.2 Å². The first-order valence-electron chi connectivity index (χ1n) is 6.38. The molecule has 0 aliphatic rings. The van der Waals surface area contributed by atoms with Gasteiger partial charge in [-0.15, -0.1) is 0 Å². The quantitative estimate of drug-likeness (QED) is 0.852. The maximum Gasteiger partial charge on any atom is 0.148 e. The van der Waals surface area contributed by atoms with Crippen molar-refractivity contribution >= 4 is 11.4 Å². The summed E-state index contributed by atoms with van der Waals surface area (Å²) >= 11 is 0. The van der Waals surface area contributed by atoms with Crippen LogP contribution in [0.3, 0.4) is 0 Å². The topological polar surface area (TPSA) is 29.3 Å². The number of benzene rings is 2. The number of halogens is 1. The fourth-order valence-electron chi connectivity index (χ4n) is 2.06. The van der Waals surface area contributed by atoms with Crippen molar-refractivity contribution in [2.75, 3.05) is 24.2 Å². The SMILES string of the molecule is Cc1ccccc1CCN(C)c1ccc(N)c(F)c1. The molecular weight excluding hydrogens is 239 g/mol. The summed E-state index contributed by atoms with van der Waals surface area (Å²) in [5.41, 5.74) is 9.13. The van der Waals surface area contributed by atoms with Crippen molar-refractivity contribution in [1.29, 1.82) is 0 Å². The fraction of sp³-hybridized carbons (Fsp3) is 0.250. The first-order valence-corrected chi connectivity index (χ1v) is 6.38. The normalized spacial score (nSPS) is 10.5. The minimum atomic E-state index is -0.361. The van der Waals surface area contributed by atoms with E-state index in [2.05, 4.69) is 19.1 Å². The smallest absolute Gasteiger partial charge is 0.148 e. The Balaban J connectivity index is 2.03. The molecule has 0 atom stereocenters. The number of hydrogen-bond donors (Lipinski definition) is 1. The Bertz CT molecular complexity index is 566.